The maximum absolute atomic E-state index is 13.7. The Bertz CT molecular complexity index is 961. The lowest BCUT2D eigenvalue weighted by atomic mass is 10.0. The molecule has 5 nitrogen and oxygen atoms in total. The van der Waals surface area contributed by atoms with E-state index in [-0.39, 0.29) is 23.4 Å². The molecule has 150 valence electrons. The quantitative estimate of drug-likeness (QED) is 0.773. The van der Waals surface area contributed by atoms with E-state index >= 15 is 0 Å². The highest BCUT2D eigenvalue weighted by Crippen LogP contribution is 2.50. The van der Waals surface area contributed by atoms with Crippen molar-refractivity contribution < 1.29 is 12.8 Å². The lowest BCUT2D eigenvalue weighted by molar-refractivity contribution is 0.385. The van der Waals surface area contributed by atoms with Gasteiger partial charge in [-0.2, -0.15) is 5.10 Å². The first-order valence-electron chi connectivity index (χ1n) is 10.4. The molecule has 2 saturated carbocycles. The van der Waals surface area contributed by atoms with E-state index < -0.39 is 9.84 Å². The number of halogens is 1. The molecule has 3 fully saturated rings. The summed E-state index contributed by atoms with van der Waals surface area (Å²) in [6.07, 6.45) is 7.43. The average Bonchev–Trinajstić information content (AvgIpc) is 3.35. The number of benzene rings is 1. The van der Waals surface area contributed by atoms with Gasteiger partial charge in [0.05, 0.1) is 17.5 Å². The summed E-state index contributed by atoms with van der Waals surface area (Å²) >= 11 is 0. The van der Waals surface area contributed by atoms with Crippen LogP contribution in [0.5, 0.6) is 0 Å². The Morgan fingerprint density at radius 2 is 1.75 bits per heavy atom. The van der Waals surface area contributed by atoms with Crippen LogP contribution in [0.3, 0.4) is 0 Å². The van der Waals surface area contributed by atoms with E-state index in [1.165, 1.54) is 31.4 Å². The average molecular weight is 404 g/mol. The highest BCUT2D eigenvalue weighted by atomic mass is 32.2. The van der Waals surface area contributed by atoms with Crippen LogP contribution in [0.25, 0.3) is 11.4 Å². The third-order valence-electron chi connectivity index (χ3n) is 6.97. The first-order valence-corrected chi connectivity index (χ1v) is 12.2. The normalized spacial score (nSPS) is 29.8. The highest BCUT2D eigenvalue weighted by molar-refractivity contribution is 7.91. The maximum atomic E-state index is 13.7. The monoisotopic (exact) mass is 403 g/mol. The Labute approximate surface area is 165 Å². The summed E-state index contributed by atoms with van der Waals surface area (Å²) in [5.74, 6) is 3.62. The molecule has 2 atom stereocenters. The van der Waals surface area contributed by atoms with Crippen molar-refractivity contribution >= 4 is 9.84 Å². The van der Waals surface area contributed by atoms with Crippen LogP contribution in [0.2, 0.25) is 0 Å². The largest absolute Gasteiger partial charge is 0.246 e. The van der Waals surface area contributed by atoms with Crippen molar-refractivity contribution in [3.8, 4) is 11.4 Å². The first-order chi connectivity index (χ1) is 13.5. The molecule has 1 saturated heterocycles. The minimum atomic E-state index is -2.93. The standard InChI is InChI=1S/C21H26FN3O2S/c22-18-6-2-5-16(13-18)20-23-21(17-11-14-3-1-4-15(14)12-17)25(24-20)19-7-9-28(26,27)10-8-19/h2,5-6,13-15,17,19H,1,3-4,7-12H2. The number of fused-ring (bicyclic) bond motifs is 1. The third kappa shape index (κ3) is 3.38. The molecule has 1 aliphatic heterocycles. The fourth-order valence-corrected chi connectivity index (χ4v) is 6.99. The van der Waals surface area contributed by atoms with Crippen LogP contribution in [0, 0.1) is 17.7 Å². The minimum absolute atomic E-state index is 0.0637. The summed E-state index contributed by atoms with van der Waals surface area (Å²) in [6.45, 7) is 0. The van der Waals surface area contributed by atoms with Crippen LogP contribution in [0.1, 0.15) is 62.7 Å². The van der Waals surface area contributed by atoms with Crippen molar-refractivity contribution in [2.45, 2.75) is 56.9 Å². The number of rotatable bonds is 3. The molecule has 3 aliphatic rings. The summed E-state index contributed by atoms with van der Waals surface area (Å²) in [5, 5.41) is 4.78. The molecule has 2 aromatic rings. The second kappa shape index (κ2) is 6.94. The number of aromatic nitrogens is 3. The minimum Gasteiger partial charge on any atom is -0.246 e. The highest BCUT2D eigenvalue weighted by Gasteiger charge is 2.41. The maximum Gasteiger partial charge on any atom is 0.181 e. The zero-order valence-corrected chi connectivity index (χ0v) is 16.7. The summed E-state index contributed by atoms with van der Waals surface area (Å²) in [4.78, 5) is 4.88. The van der Waals surface area contributed by atoms with E-state index in [0.717, 1.165) is 30.5 Å². The topological polar surface area (TPSA) is 64.8 Å². The predicted octanol–water partition coefficient (Wildman–Crippen LogP) is 4.13. The van der Waals surface area contributed by atoms with E-state index in [1.54, 1.807) is 6.07 Å². The van der Waals surface area contributed by atoms with Crippen molar-refractivity contribution in [1.29, 1.82) is 0 Å². The Morgan fingerprint density at radius 1 is 1.04 bits per heavy atom. The zero-order chi connectivity index (χ0) is 19.3. The van der Waals surface area contributed by atoms with Gasteiger partial charge in [0.15, 0.2) is 5.82 Å². The summed E-state index contributed by atoms with van der Waals surface area (Å²) < 4.78 is 39.5. The van der Waals surface area contributed by atoms with Gasteiger partial charge in [0.25, 0.3) is 0 Å². The first kappa shape index (κ1) is 18.3. The molecule has 0 amide bonds. The van der Waals surface area contributed by atoms with Crippen LogP contribution >= 0.6 is 0 Å². The van der Waals surface area contributed by atoms with E-state index in [4.69, 9.17) is 10.1 Å². The van der Waals surface area contributed by atoms with Crippen LogP contribution in [0.15, 0.2) is 24.3 Å². The Hall–Kier alpha value is -1.76. The molecule has 0 radical (unpaired) electrons. The molecule has 2 unspecified atom stereocenters. The smallest absolute Gasteiger partial charge is 0.181 e. The van der Waals surface area contributed by atoms with E-state index in [1.807, 2.05) is 10.7 Å². The van der Waals surface area contributed by atoms with Crippen molar-refractivity contribution in [2.24, 2.45) is 11.8 Å². The van der Waals surface area contributed by atoms with Crippen molar-refractivity contribution in [3.63, 3.8) is 0 Å². The molecular formula is C21H26FN3O2S. The van der Waals surface area contributed by atoms with Gasteiger partial charge in [0.2, 0.25) is 0 Å². The Morgan fingerprint density at radius 3 is 2.43 bits per heavy atom. The molecule has 2 aliphatic carbocycles. The van der Waals surface area contributed by atoms with Crippen LogP contribution in [0.4, 0.5) is 4.39 Å². The van der Waals surface area contributed by atoms with Crippen molar-refractivity contribution in [3.05, 3.63) is 35.9 Å². The molecule has 28 heavy (non-hydrogen) atoms. The predicted molar refractivity (Wildman–Crippen MR) is 105 cm³/mol. The van der Waals surface area contributed by atoms with Gasteiger partial charge in [0, 0.05) is 11.5 Å². The van der Waals surface area contributed by atoms with E-state index in [2.05, 4.69) is 0 Å². The molecule has 2 heterocycles. The lowest BCUT2D eigenvalue weighted by Gasteiger charge is -2.25. The molecule has 1 aromatic carbocycles. The van der Waals surface area contributed by atoms with Gasteiger partial charge in [-0.3, -0.25) is 0 Å². The van der Waals surface area contributed by atoms with Gasteiger partial charge >= 0.3 is 0 Å². The van der Waals surface area contributed by atoms with Gasteiger partial charge in [-0.15, -0.1) is 0 Å². The molecule has 0 spiro atoms. The number of sulfone groups is 1. The molecule has 1 aromatic heterocycles. The molecule has 0 N–H and O–H groups in total. The summed E-state index contributed by atoms with van der Waals surface area (Å²) in [5.41, 5.74) is 0.682. The van der Waals surface area contributed by atoms with Gasteiger partial charge in [-0.05, 0) is 49.7 Å². The SMILES string of the molecule is O=S1(=O)CCC(n2nc(-c3cccc(F)c3)nc2C2CC3CCCC3C2)CC1. The van der Waals surface area contributed by atoms with E-state index in [9.17, 15) is 12.8 Å². The Balaban J connectivity index is 1.50. The van der Waals surface area contributed by atoms with Gasteiger partial charge in [0.1, 0.15) is 21.5 Å². The molecule has 5 rings (SSSR count). The molecular weight excluding hydrogens is 377 g/mol. The fraction of sp³-hybridized carbons (Fsp3) is 0.619. The second-order valence-corrected chi connectivity index (χ2v) is 11.1. The van der Waals surface area contributed by atoms with Crippen LogP contribution < -0.4 is 0 Å². The molecule has 7 heteroatoms. The summed E-state index contributed by atoms with van der Waals surface area (Å²) in [6, 6.07) is 6.47. The number of nitrogens with zero attached hydrogens (tertiary/aromatic N) is 3. The van der Waals surface area contributed by atoms with Crippen LogP contribution in [-0.4, -0.2) is 34.7 Å². The van der Waals surface area contributed by atoms with Gasteiger partial charge in [-0.1, -0.05) is 31.4 Å². The Kier molecular flexibility index (Phi) is 4.53. The molecule has 0 bridgehead atoms. The summed E-state index contributed by atoms with van der Waals surface area (Å²) in [7, 11) is -2.93. The van der Waals surface area contributed by atoms with Crippen molar-refractivity contribution in [1.82, 2.24) is 14.8 Å². The number of hydrogen-bond acceptors (Lipinski definition) is 4. The lowest BCUT2D eigenvalue weighted by Crippen LogP contribution is -2.27. The van der Waals surface area contributed by atoms with E-state index in [0.29, 0.717) is 30.1 Å². The van der Waals surface area contributed by atoms with Crippen LogP contribution in [-0.2, 0) is 9.84 Å². The second-order valence-electron chi connectivity index (χ2n) is 8.75. The van der Waals surface area contributed by atoms with Gasteiger partial charge in [-0.25, -0.2) is 22.5 Å². The fourth-order valence-electron chi connectivity index (χ4n) is 5.53. The third-order valence-corrected chi connectivity index (χ3v) is 8.68. The van der Waals surface area contributed by atoms with Gasteiger partial charge < -0.3 is 0 Å². The van der Waals surface area contributed by atoms with Crippen molar-refractivity contribution in [2.75, 3.05) is 11.5 Å². The zero-order valence-electron chi connectivity index (χ0n) is 15.9. The number of hydrogen-bond donors (Lipinski definition) is 0.